The standard InChI is InChI=1S/C17H22O6/c1-3-10(2)21-17-14(19)13(18)15-12(22-17)9-20-16(23-15)11-7-5-4-6-8-11/h3-8,10,12-19H,1,9H2,2H3/t10?,12-,13-,14-,15-,16-,17-/m1/s1. The fourth-order valence-electron chi connectivity index (χ4n) is 2.74. The molecule has 2 fully saturated rings. The molecular weight excluding hydrogens is 300 g/mol. The van der Waals surface area contributed by atoms with Gasteiger partial charge in [0.1, 0.15) is 24.4 Å². The van der Waals surface area contributed by atoms with Crippen LogP contribution < -0.4 is 0 Å². The lowest BCUT2D eigenvalue weighted by atomic mass is 9.98. The fourth-order valence-corrected chi connectivity index (χ4v) is 2.74. The SMILES string of the molecule is C=CC(C)O[C@@H]1O[C@@H]2CO[C@@H](c3ccccc3)O[C@H]2[C@H](O)[C@H]1O. The van der Waals surface area contributed by atoms with Crippen LogP contribution in [-0.4, -0.2) is 53.6 Å². The fraction of sp³-hybridized carbons (Fsp3) is 0.529. The molecule has 1 aromatic carbocycles. The molecule has 6 heteroatoms. The molecule has 0 aliphatic carbocycles. The van der Waals surface area contributed by atoms with Gasteiger partial charge in [0.25, 0.3) is 0 Å². The maximum absolute atomic E-state index is 10.4. The molecule has 0 spiro atoms. The van der Waals surface area contributed by atoms with Crippen molar-refractivity contribution in [2.24, 2.45) is 0 Å². The van der Waals surface area contributed by atoms with Gasteiger partial charge in [-0.3, -0.25) is 0 Å². The van der Waals surface area contributed by atoms with E-state index in [0.717, 1.165) is 5.56 Å². The van der Waals surface area contributed by atoms with E-state index in [1.54, 1.807) is 13.0 Å². The molecule has 0 amide bonds. The molecule has 1 aromatic rings. The molecule has 2 aliphatic heterocycles. The zero-order valence-electron chi connectivity index (χ0n) is 12.9. The number of benzene rings is 1. The molecular formula is C17H22O6. The average Bonchev–Trinajstić information content (AvgIpc) is 2.60. The van der Waals surface area contributed by atoms with Gasteiger partial charge in [0.05, 0.1) is 12.7 Å². The molecule has 3 rings (SSSR count). The van der Waals surface area contributed by atoms with Crippen LogP contribution in [0.1, 0.15) is 18.8 Å². The number of aliphatic hydroxyl groups excluding tert-OH is 2. The van der Waals surface area contributed by atoms with Gasteiger partial charge in [-0.2, -0.15) is 0 Å². The van der Waals surface area contributed by atoms with E-state index in [1.807, 2.05) is 30.3 Å². The molecule has 7 atom stereocenters. The Morgan fingerprint density at radius 3 is 2.65 bits per heavy atom. The van der Waals surface area contributed by atoms with Crippen molar-refractivity contribution in [3.8, 4) is 0 Å². The Kier molecular flexibility index (Phi) is 5.11. The normalized spacial score (nSPS) is 38.6. The molecule has 6 nitrogen and oxygen atoms in total. The summed E-state index contributed by atoms with van der Waals surface area (Å²) in [6, 6.07) is 9.44. The number of hydrogen-bond donors (Lipinski definition) is 2. The van der Waals surface area contributed by atoms with E-state index in [9.17, 15) is 10.2 Å². The predicted octanol–water partition coefficient (Wildman–Crippen LogP) is 1.14. The van der Waals surface area contributed by atoms with Crippen molar-refractivity contribution in [2.45, 2.75) is 50.0 Å². The Balaban J connectivity index is 1.69. The summed E-state index contributed by atoms with van der Waals surface area (Å²) in [4.78, 5) is 0. The molecule has 2 saturated heterocycles. The lowest BCUT2D eigenvalue weighted by Crippen LogP contribution is -2.62. The van der Waals surface area contributed by atoms with E-state index in [1.165, 1.54) is 0 Å². The van der Waals surface area contributed by atoms with Crippen molar-refractivity contribution in [2.75, 3.05) is 6.61 Å². The van der Waals surface area contributed by atoms with Crippen LogP contribution in [0.3, 0.4) is 0 Å². The minimum absolute atomic E-state index is 0.246. The number of hydrogen-bond acceptors (Lipinski definition) is 6. The first kappa shape index (κ1) is 16.6. The van der Waals surface area contributed by atoms with Gasteiger partial charge in [-0.15, -0.1) is 6.58 Å². The van der Waals surface area contributed by atoms with Crippen molar-refractivity contribution in [3.63, 3.8) is 0 Å². The topological polar surface area (TPSA) is 77.4 Å². The lowest BCUT2D eigenvalue weighted by Gasteiger charge is -2.46. The molecule has 2 N–H and O–H groups in total. The van der Waals surface area contributed by atoms with Crippen LogP contribution in [0.5, 0.6) is 0 Å². The van der Waals surface area contributed by atoms with E-state index in [4.69, 9.17) is 18.9 Å². The number of aliphatic hydroxyl groups is 2. The first-order valence-electron chi connectivity index (χ1n) is 7.71. The van der Waals surface area contributed by atoms with Crippen molar-refractivity contribution in [1.29, 1.82) is 0 Å². The molecule has 0 bridgehead atoms. The number of rotatable bonds is 4. The quantitative estimate of drug-likeness (QED) is 0.810. The summed E-state index contributed by atoms with van der Waals surface area (Å²) >= 11 is 0. The van der Waals surface area contributed by atoms with Crippen LogP contribution in [-0.2, 0) is 18.9 Å². The van der Waals surface area contributed by atoms with Gasteiger partial charge in [-0.1, -0.05) is 36.4 Å². The third-order valence-electron chi connectivity index (χ3n) is 4.09. The monoisotopic (exact) mass is 322 g/mol. The second-order valence-electron chi connectivity index (χ2n) is 5.78. The van der Waals surface area contributed by atoms with Crippen molar-refractivity contribution < 1.29 is 29.2 Å². The van der Waals surface area contributed by atoms with E-state index >= 15 is 0 Å². The predicted molar refractivity (Wildman–Crippen MR) is 81.4 cm³/mol. The van der Waals surface area contributed by atoms with Crippen LogP contribution in [0.25, 0.3) is 0 Å². The van der Waals surface area contributed by atoms with Gasteiger partial charge >= 0.3 is 0 Å². The van der Waals surface area contributed by atoms with Crippen LogP contribution in [0.4, 0.5) is 0 Å². The van der Waals surface area contributed by atoms with Crippen molar-refractivity contribution in [3.05, 3.63) is 48.6 Å². The summed E-state index contributed by atoms with van der Waals surface area (Å²) < 4.78 is 22.7. The first-order valence-corrected chi connectivity index (χ1v) is 7.71. The van der Waals surface area contributed by atoms with E-state index in [0.29, 0.717) is 0 Å². The third-order valence-corrected chi connectivity index (χ3v) is 4.09. The summed E-state index contributed by atoms with van der Waals surface area (Å²) in [7, 11) is 0. The number of ether oxygens (including phenoxy) is 4. The van der Waals surface area contributed by atoms with Gasteiger partial charge in [0.2, 0.25) is 0 Å². The third kappa shape index (κ3) is 3.47. The van der Waals surface area contributed by atoms with Gasteiger partial charge in [0, 0.05) is 5.56 Å². The summed E-state index contributed by atoms with van der Waals surface area (Å²) in [6.07, 6.45) is -3.75. The Morgan fingerprint density at radius 2 is 1.96 bits per heavy atom. The highest BCUT2D eigenvalue weighted by molar-refractivity contribution is 5.16. The second kappa shape index (κ2) is 7.09. The lowest BCUT2D eigenvalue weighted by molar-refractivity contribution is -0.363. The minimum atomic E-state index is -1.20. The van der Waals surface area contributed by atoms with Gasteiger partial charge < -0.3 is 29.2 Å². The highest BCUT2D eigenvalue weighted by Crippen LogP contribution is 2.34. The van der Waals surface area contributed by atoms with E-state index < -0.39 is 37.0 Å². The molecule has 2 aliphatic rings. The van der Waals surface area contributed by atoms with Crippen LogP contribution in [0.2, 0.25) is 0 Å². The Labute approximate surface area is 135 Å². The van der Waals surface area contributed by atoms with Crippen LogP contribution >= 0.6 is 0 Å². The molecule has 23 heavy (non-hydrogen) atoms. The molecule has 0 saturated carbocycles. The van der Waals surface area contributed by atoms with Crippen molar-refractivity contribution >= 4 is 0 Å². The van der Waals surface area contributed by atoms with Gasteiger partial charge in [0.15, 0.2) is 12.6 Å². The highest BCUT2D eigenvalue weighted by Gasteiger charge is 2.49. The van der Waals surface area contributed by atoms with Crippen LogP contribution in [0.15, 0.2) is 43.0 Å². The van der Waals surface area contributed by atoms with E-state index in [2.05, 4.69) is 6.58 Å². The number of fused-ring (bicyclic) bond motifs is 1. The summed E-state index contributed by atoms with van der Waals surface area (Å²) in [6.45, 7) is 5.65. The maximum atomic E-state index is 10.4. The maximum Gasteiger partial charge on any atom is 0.187 e. The molecule has 126 valence electrons. The molecule has 1 unspecified atom stereocenters. The molecule has 0 aromatic heterocycles. The summed E-state index contributed by atoms with van der Waals surface area (Å²) in [5.41, 5.74) is 0.853. The average molecular weight is 322 g/mol. The zero-order chi connectivity index (χ0) is 16.4. The Hall–Kier alpha value is -1.28. The van der Waals surface area contributed by atoms with Crippen molar-refractivity contribution in [1.82, 2.24) is 0 Å². The van der Waals surface area contributed by atoms with Gasteiger partial charge in [-0.25, -0.2) is 0 Å². The summed E-state index contributed by atoms with van der Waals surface area (Å²) in [5, 5.41) is 20.6. The largest absolute Gasteiger partial charge is 0.387 e. The second-order valence-corrected chi connectivity index (χ2v) is 5.78. The summed E-state index contributed by atoms with van der Waals surface area (Å²) in [5.74, 6) is 0. The Morgan fingerprint density at radius 1 is 1.22 bits per heavy atom. The first-order chi connectivity index (χ1) is 11.1. The Bertz CT molecular complexity index is 519. The van der Waals surface area contributed by atoms with E-state index in [-0.39, 0.29) is 12.7 Å². The molecule has 2 heterocycles. The molecule has 0 radical (unpaired) electrons. The smallest absolute Gasteiger partial charge is 0.187 e. The highest BCUT2D eigenvalue weighted by atomic mass is 16.8. The zero-order valence-corrected chi connectivity index (χ0v) is 12.9. The van der Waals surface area contributed by atoms with Gasteiger partial charge in [-0.05, 0) is 6.92 Å². The minimum Gasteiger partial charge on any atom is -0.387 e. The van der Waals surface area contributed by atoms with Crippen LogP contribution in [0, 0.1) is 0 Å².